The first-order valence-electron chi connectivity index (χ1n) is 7.21. The quantitative estimate of drug-likeness (QED) is 0.662. The van der Waals surface area contributed by atoms with Crippen LogP contribution in [0.4, 0.5) is 0 Å². The number of thiazole rings is 1. The van der Waals surface area contributed by atoms with E-state index in [0.717, 1.165) is 10.2 Å². The van der Waals surface area contributed by atoms with Crippen LogP contribution in [0.3, 0.4) is 0 Å². The summed E-state index contributed by atoms with van der Waals surface area (Å²) in [6, 6.07) is 8.53. The van der Waals surface area contributed by atoms with Crippen molar-refractivity contribution >= 4 is 50.7 Å². The van der Waals surface area contributed by atoms with Crippen LogP contribution < -0.4 is 14.3 Å². The molecule has 0 aliphatic rings. The number of rotatable bonds is 3. The van der Waals surface area contributed by atoms with E-state index in [2.05, 4.69) is 4.99 Å². The van der Waals surface area contributed by atoms with Crippen LogP contribution in [-0.2, 0) is 7.05 Å². The molecule has 1 amide bonds. The number of ether oxygens (including phenoxy) is 2. The molecule has 0 saturated carbocycles. The molecule has 5 nitrogen and oxygen atoms in total. The lowest BCUT2D eigenvalue weighted by atomic mass is 10.2. The predicted octanol–water partition coefficient (Wildman–Crippen LogP) is 4.30. The van der Waals surface area contributed by atoms with E-state index in [9.17, 15) is 4.79 Å². The third-order valence-corrected chi connectivity index (χ3v) is 5.23. The Kier molecular flexibility index (Phi) is 5.03. The first-order chi connectivity index (χ1) is 12.0. The lowest BCUT2D eigenvalue weighted by Crippen LogP contribution is -2.14. The topological polar surface area (TPSA) is 52.8 Å². The summed E-state index contributed by atoms with van der Waals surface area (Å²) >= 11 is 13.6. The van der Waals surface area contributed by atoms with Crippen molar-refractivity contribution in [2.75, 3.05) is 14.2 Å². The third kappa shape index (κ3) is 3.25. The highest BCUT2D eigenvalue weighted by Gasteiger charge is 2.17. The van der Waals surface area contributed by atoms with Crippen molar-refractivity contribution in [2.45, 2.75) is 0 Å². The van der Waals surface area contributed by atoms with Gasteiger partial charge < -0.3 is 14.0 Å². The van der Waals surface area contributed by atoms with Gasteiger partial charge in [-0.25, -0.2) is 0 Å². The first kappa shape index (κ1) is 17.8. The van der Waals surface area contributed by atoms with Crippen molar-refractivity contribution < 1.29 is 14.3 Å². The number of hydrogen-bond acceptors (Lipinski definition) is 4. The molecule has 1 aromatic heterocycles. The molecule has 3 aromatic rings. The minimum Gasteiger partial charge on any atom is -0.493 e. The smallest absolute Gasteiger partial charge is 0.283 e. The van der Waals surface area contributed by atoms with E-state index < -0.39 is 5.91 Å². The largest absolute Gasteiger partial charge is 0.493 e. The summed E-state index contributed by atoms with van der Waals surface area (Å²) in [6.07, 6.45) is 0. The second kappa shape index (κ2) is 7.07. The second-order valence-corrected chi connectivity index (χ2v) is 6.99. The molecule has 8 heteroatoms. The van der Waals surface area contributed by atoms with Crippen molar-refractivity contribution in [3.05, 3.63) is 50.7 Å². The van der Waals surface area contributed by atoms with E-state index in [1.54, 1.807) is 41.9 Å². The van der Waals surface area contributed by atoms with E-state index in [1.807, 2.05) is 0 Å². The SMILES string of the molecule is COc1cccc(C(=O)N=c2sc3cc(Cl)cc(Cl)c3n2C)c1OC. The number of carbonyl (C=O) groups is 1. The molecule has 1 heterocycles. The van der Waals surface area contributed by atoms with Crippen LogP contribution in [0.15, 0.2) is 35.3 Å². The minimum atomic E-state index is -0.430. The Hall–Kier alpha value is -2.02. The zero-order valence-electron chi connectivity index (χ0n) is 13.7. The molecule has 0 unspecified atom stereocenters. The normalized spacial score (nSPS) is 11.8. The molecule has 25 heavy (non-hydrogen) atoms. The fourth-order valence-corrected chi connectivity index (χ4v) is 4.33. The number of para-hydroxylation sites is 1. The first-order valence-corrected chi connectivity index (χ1v) is 8.78. The standard InChI is InChI=1S/C17H14Cl2N2O3S/c1-21-14-11(19)7-9(18)8-13(14)25-17(21)20-16(22)10-5-4-6-12(23-2)15(10)24-3/h4-8H,1-3H3. The summed E-state index contributed by atoms with van der Waals surface area (Å²) in [4.78, 5) is 17.4. The van der Waals surface area contributed by atoms with Crippen LogP contribution in [0, 0.1) is 0 Å². The molecule has 130 valence electrons. The molecule has 0 radical (unpaired) electrons. The molecule has 0 fully saturated rings. The minimum absolute atomic E-state index is 0.323. The van der Waals surface area contributed by atoms with E-state index in [1.165, 1.54) is 25.6 Å². The van der Waals surface area contributed by atoms with Gasteiger partial charge >= 0.3 is 0 Å². The number of fused-ring (bicyclic) bond motifs is 1. The molecule has 0 bridgehead atoms. The average Bonchev–Trinajstić information content (AvgIpc) is 2.89. The van der Waals surface area contributed by atoms with Gasteiger partial charge in [-0.15, -0.1) is 0 Å². The van der Waals surface area contributed by atoms with Crippen molar-refractivity contribution in [1.82, 2.24) is 4.57 Å². The van der Waals surface area contributed by atoms with Gasteiger partial charge in [-0.3, -0.25) is 4.79 Å². The van der Waals surface area contributed by atoms with Gasteiger partial charge in [0, 0.05) is 12.1 Å². The highest BCUT2D eigenvalue weighted by atomic mass is 35.5. The maximum absolute atomic E-state index is 12.7. The lowest BCUT2D eigenvalue weighted by molar-refractivity contribution is 0.0994. The molecule has 0 aliphatic heterocycles. The third-order valence-electron chi connectivity index (χ3n) is 3.65. The number of hydrogen-bond donors (Lipinski definition) is 0. The maximum Gasteiger partial charge on any atom is 0.283 e. The molecule has 2 aromatic carbocycles. The molecule has 0 spiro atoms. The Balaban J connectivity index is 2.16. The Morgan fingerprint density at radius 3 is 2.64 bits per heavy atom. The van der Waals surface area contributed by atoms with Crippen LogP contribution in [0.2, 0.25) is 10.0 Å². The van der Waals surface area contributed by atoms with Gasteiger partial charge in [0.05, 0.1) is 35.0 Å². The fourth-order valence-electron chi connectivity index (χ4n) is 2.51. The zero-order valence-corrected chi connectivity index (χ0v) is 16.0. The molecule has 0 aliphatic carbocycles. The van der Waals surface area contributed by atoms with Crippen LogP contribution in [-0.4, -0.2) is 24.7 Å². The monoisotopic (exact) mass is 396 g/mol. The van der Waals surface area contributed by atoms with Gasteiger partial charge in [-0.2, -0.15) is 4.99 Å². The van der Waals surface area contributed by atoms with Gasteiger partial charge in [0.25, 0.3) is 5.91 Å². The predicted molar refractivity (Wildman–Crippen MR) is 100 cm³/mol. The van der Waals surface area contributed by atoms with E-state index in [0.29, 0.717) is 31.9 Å². The number of nitrogens with zero attached hydrogens (tertiary/aromatic N) is 2. The summed E-state index contributed by atoms with van der Waals surface area (Å²) in [5.41, 5.74) is 1.10. The molecule has 0 N–H and O–H groups in total. The highest BCUT2D eigenvalue weighted by molar-refractivity contribution is 7.16. The van der Waals surface area contributed by atoms with Crippen molar-refractivity contribution in [3.63, 3.8) is 0 Å². The second-order valence-electron chi connectivity index (χ2n) is 5.14. The molecular weight excluding hydrogens is 383 g/mol. The zero-order chi connectivity index (χ0) is 18.1. The number of methoxy groups -OCH3 is 2. The molecule has 3 rings (SSSR count). The van der Waals surface area contributed by atoms with E-state index in [-0.39, 0.29) is 0 Å². The number of halogens is 2. The number of carbonyl (C=O) groups excluding carboxylic acids is 1. The summed E-state index contributed by atoms with van der Waals surface area (Å²) in [5.74, 6) is 0.391. The van der Waals surface area contributed by atoms with Gasteiger partial charge in [-0.05, 0) is 24.3 Å². The van der Waals surface area contributed by atoms with E-state index >= 15 is 0 Å². The van der Waals surface area contributed by atoms with Crippen molar-refractivity contribution in [2.24, 2.45) is 12.0 Å². The van der Waals surface area contributed by atoms with Crippen LogP contribution in [0.25, 0.3) is 10.2 Å². The van der Waals surface area contributed by atoms with Crippen molar-refractivity contribution in [1.29, 1.82) is 0 Å². The van der Waals surface area contributed by atoms with Gasteiger partial charge in [0.15, 0.2) is 16.3 Å². The van der Waals surface area contributed by atoms with E-state index in [4.69, 9.17) is 32.7 Å². The Morgan fingerprint density at radius 1 is 1.20 bits per heavy atom. The number of amides is 1. The van der Waals surface area contributed by atoms with Crippen LogP contribution >= 0.6 is 34.5 Å². The van der Waals surface area contributed by atoms with Crippen LogP contribution in [0.5, 0.6) is 11.5 Å². The molecule has 0 atom stereocenters. The maximum atomic E-state index is 12.7. The summed E-state index contributed by atoms with van der Waals surface area (Å²) in [7, 11) is 4.80. The number of aromatic nitrogens is 1. The Bertz CT molecular complexity index is 1040. The van der Waals surface area contributed by atoms with Gasteiger partial charge in [0.1, 0.15) is 0 Å². The number of aryl methyl sites for hydroxylation is 1. The van der Waals surface area contributed by atoms with Gasteiger partial charge in [0.2, 0.25) is 0 Å². The van der Waals surface area contributed by atoms with Crippen LogP contribution in [0.1, 0.15) is 10.4 Å². The summed E-state index contributed by atoms with van der Waals surface area (Å²) in [5, 5.41) is 1.04. The number of benzene rings is 2. The van der Waals surface area contributed by atoms with Gasteiger partial charge in [-0.1, -0.05) is 40.6 Å². The highest BCUT2D eigenvalue weighted by Crippen LogP contribution is 2.32. The Morgan fingerprint density at radius 2 is 1.96 bits per heavy atom. The average molecular weight is 397 g/mol. The summed E-state index contributed by atoms with van der Waals surface area (Å²) < 4.78 is 13.1. The lowest BCUT2D eigenvalue weighted by Gasteiger charge is -2.09. The Labute approximate surface area is 158 Å². The molecule has 0 saturated heterocycles. The fraction of sp³-hybridized carbons (Fsp3) is 0.176. The summed E-state index contributed by atoms with van der Waals surface area (Å²) in [6.45, 7) is 0. The molecular formula is C17H14Cl2N2O3S. The van der Waals surface area contributed by atoms with Crippen molar-refractivity contribution in [3.8, 4) is 11.5 Å².